The lowest BCUT2D eigenvalue weighted by Crippen LogP contribution is -2.45. The lowest BCUT2D eigenvalue weighted by Gasteiger charge is -2.27. The highest BCUT2D eigenvalue weighted by atomic mass is 16.5. The highest BCUT2D eigenvalue weighted by Gasteiger charge is 2.24. The van der Waals surface area contributed by atoms with Crippen molar-refractivity contribution < 1.29 is 9.47 Å². The van der Waals surface area contributed by atoms with Crippen molar-refractivity contribution in [3.8, 4) is 0 Å². The average molecular weight is 201 g/mol. The Bertz CT molecular complexity index is 157. The topological polar surface area (TPSA) is 30.5 Å². The van der Waals surface area contributed by atoms with Gasteiger partial charge in [0.25, 0.3) is 0 Å². The third-order valence-corrected chi connectivity index (χ3v) is 3.27. The van der Waals surface area contributed by atoms with Gasteiger partial charge >= 0.3 is 0 Å². The Morgan fingerprint density at radius 1 is 1.36 bits per heavy atom. The molecular formula is C11H23NO2. The summed E-state index contributed by atoms with van der Waals surface area (Å²) in [4.78, 5) is 0. The van der Waals surface area contributed by atoms with Crippen LogP contribution in [0.4, 0.5) is 0 Å². The van der Waals surface area contributed by atoms with Crippen LogP contribution in [0, 0.1) is 5.92 Å². The van der Waals surface area contributed by atoms with Crippen LogP contribution in [0.5, 0.6) is 0 Å². The van der Waals surface area contributed by atoms with Gasteiger partial charge in [0, 0.05) is 25.8 Å². The van der Waals surface area contributed by atoms with Crippen LogP contribution in [-0.4, -0.2) is 38.5 Å². The lowest BCUT2D eigenvalue weighted by molar-refractivity contribution is 0.0807. The van der Waals surface area contributed by atoms with Gasteiger partial charge in [0.05, 0.1) is 12.7 Å². The molecule has 0 saturated carbocycles. The van der Waals surface area contributed by atoms with Gasteiger partial charge in [-0.2, -0.15) is 0 Å². The Kier molecular flexibility index (Phi) is 4.85. The van der Waals surface area contributed by atoms with Gasteiger partial charge < -0.3 is 14.8 Å². The number of rotatable bonds is 5. The number of methoxy groups -OCH3 is 1. The molecule has 1 N–H and O–H groups in total. The second-order valence-electron chi connectivity index (χ2n) is 4.31. The molecule has 0 aromatic carbocycles. The number of nitrogens with one attached hydrogen (secondary N) is 1. The number of hydrogen-bond donors (Lipinski definition) is 1. The van der Waals surface area contributed by atoms with Gasteiger partial charge in [-0.25, -0.2) is 0 Å². The predicted molar refractivity (Wildman–Crippen MR) is 57.5 cm³/mol. The monoisotopic (exact) mass is 201 g/mol. The molecule has 84 valence electrons. The molecule has 3 heteroatoms. The van der Waals surface area contributed by atoms with E-state index in [1.807, 2.05) is 0 Å². The first-order chi connectivity index (χ1) is 6.65. The largest absolute Gasteiger partial charge is 0.381 e. The summed E-state index contributed by atoms with van der Waals surface area (Å²) in [6, 6.07) is 0.917. The number of hydrogen-bond acceptors (Lipinski definition) is 3. The molecule has 1 heterocycles. The van der Waals surface area contributed by atoms with Crippen LogP contribution in [0.15, 0.2) is 0 Å². The SMILES string of the molecule is COC(C)C(C)NC(C)C1CCOC1. The van der Waals surface area contributed by atoms with Gasteiger partial charge in [0.15, 0.2) is 0 Å². The maximum atomic E-state index is 5.38. The summed E-state index contributed by atoms with van der Waals surface area (Å²) in [5.74, 6) is 0.668. The van der Waals surface area contributed by atoms with Crippen LogP contribution in [0.1, 0.15) is 27.2 Å². The van der Waals surface area contributed by atoms with E-state index in [0.717, 1.165) is 13.2 Å². The van der Waals surface area contributed by atoms with Crippen molar-refractivity contribution in [2.24, 2.45) is 5.92 Å². The van der Waals surface area contributed by atoms with E-state index < -0.39 is 0 Å². The normalized spacial score (nSPS) is 28.7. The van der Waals surface area contributed by atoms with Crippen molar-refractivity contribution >= 4 is 0 Å². The zero-order chi connectivity index (χ0) is 10.6. The molecular weight excluding hydrogens is 178 g/mol. The van der Waals surface area contributed by atoms with Crippen LogP contribution in [-0.2, 0) is 9.47 Å². The van der Waals surface area contributed by atoms with Crippen molar-refractivity contribution in [2.75, 3.05) is 20.3 Å². The zero-order valence-corrected chi connectivity index (χ0v) is 9.75. The highest BCUT2D eigenvalue weighted by molar-refractivity contribution is 4.80. The minimum absolute atomic E-state index is 0.264. The summed E-state index contributed by atoms with van der Waals surface area (Å²) in [5, 5.41) is 3.57. The summed E-state index contributed by atoms with van der Waals surface area (Å²) in [5.41, 5.74) is 0. The fourth-order valence-electron chi connectivity index (χ4n) is 1.84. The summed E-state index contributed by atoms with van der Waals surface area (Å²) < 4.78 is 10.7. The lowest BCUT2D eigenvalue weighted by atomic mass is 9.99. The molecule has 1 rings (SSSR count). The van der Waals surface area contributed by atoms with Gasteiger partial charge in [-0.3, -0.25) is 0 Å². The average Bonchev–Trinajstić information content (AvgIpc) is 2.69. The van der Waals surface area contributed by atoms with Gasteiger partial charge in [-0.1, -0.05) is 0 Å². The highest BCUT2D eigenvalue weighted by Crippen LogP contribution is 2.17. The van der Waals surface area contributed by atoms with Crippen molar-refractivity contribution in [2.45, 2.75) is 45.4 Å². The first-order valence-corrected chi connectivity index (χ1v) is 5.51. The molecule has 0 aliphatic carbocycles. The Hall–Kier alpha value is -0.120. The maximum absolute atomic E-state index is 5.38. The molecule has 3 nitrogen and oxygen atoms in total. The fourth-order valence-corrected chi connectivity index (χ4v) is 1.84. The molecule has 4 atom stereocenters. The fraction of sp³-hybridized carbons (Fsp3) is 1.00. The molecule has 1 aliphatic heterocycles. The van der Waals surface area contributed by atoms with Crippen LogP contribution in [0.25, 0.3) is 0 Å². The third kappa shape index (κ3) is 3.23. The Morgan fingerprint density at radius 2 is 2.07 bits per heavy atom. The Balaban J connectivity index is 2.27. The standard InChI is InChI=1S/C11H23NO2/c1-8(10(3)13-4)12-9(2)11-5-6-14-7-11/h8-12H,5-7H2,1-4H3. The first-order valence-electron chi connectivity index (χ1n) is 5.51. The molecule has 0 aromatic heterocycles. The number of ether oxygens (including phenoxy) is 2. The molecule has 14 heavy (non-hydrogen) atoms. The van der Waals surface area contributed by atoms with Crippen LogP contribution < -0.4 is 5.32 Å². The minimum Gasteiger partial charge on any atom is -0.381 e. The molecule has 1 saturated heterocycles. The summed E-state index contributed by atoms with van der Waals surface area (Å²) in [6.45, 7) is 8.32. The van der Waals surface area contributed by atoms with Crippen molar-refractivity contribution in [3.63, 3.8) is 0 Å². The molecule has 0 spiro atoms. The van der Waals surface area contributed by atoms with Crippen molar-refractivity contribution in [1.82, 2.24) is 5.32 Å². The summed E-state index contributed by atoms with van der Waals surface area (Å²) >= 11 is 0. The molecule has 1 fully saturated rings. The van der Waals surface area contributed by atoms with E-state index in [9.17, 15) is 0 Å². The van der Waals surface area contributed by atoms with Crippen LogP contribution in [0.2, 0.25) is 0 Å². The third-order valence-electron chi connectivity index (χ3n) is 3.27. The second-order valence-corrected chi connectivity index (χ2v) is 4.31. The van der Waals surface area contributed by atoms with Crippen molar-refractivity contribution in [1.29, 1.82) is 0 Å². The second kappa shape index (κ2) is 5.69. The van der Waals surface area contributed by atoms with E-state index in [-0.39, 0.29) is 6.10 Å². The van der Waals surface area contributed by atoms with E-state index in [1.165, 1.54) is 6.42 Å². The van der Waals surface area contributed by atoms with E-state index >= 15 is 0 Å². The zero-order valence-electron chi connectivity index (χ0n) is 9.75. The van der Waals surface area contributed by atoms with Crippen molar-refractivity contribution in [3.05, 3.63) is 0 Å². The Labute approximate surface area is 87.2 Å². The predicted octanol–water partition coefficient (Wildman–Crippen LogP) is 1.42. The summed E-state index contributed by atoms with van der Waals surface area (Å²) in [6.07, 6.45) is 1.45. The van der Waals surface area contributed by atoms with E-state index in [0.29, 0.717) is 18.0 Å². The van der Waals surface area contributed by atoms with Gasteiger partial charge in [0.2, 0.25) is 0 Å². The van der Waals surface area contributed by atoms with Crippen LogP contribution >= 0.6 is 0 Å². The maximum Gasteiger partial charge on any atom is 0.0693 e. The summed E-state index contributed by atoms with van der Waals surface area (Å²) in [7, 11) is 1.76. The Morgan fingerprint density at radius 3 is 2.57 bits per heavy atom. The molecule has 0 aromatic rings. The minimum atomic E-state index is 0.264. The quantitative estimate of drug-likeness (QED) is 0.730. The molecule has 0 radical (unpaired) electrons. The molecule has 4 unspecified atom stereocenters. The van der Waals surface area contributed by atoms with Crippen LogP contribution in [0.3, 0.4) is 0 Å². The van der Waals surface area contributed by atoms with Gasteiger partial charge in [-0.05, 0) is 33.1 Å². The first kappa shape index (κ1) is 12.0. The smallest absolute Gasteiger partial charge is 0.0693 e. The van der Waals surface area contributed by atoms with Gasteiger partial charge in [0.1, 0.15) is 0 Å². The molecule has 0 amide bonds. The van der Waals surface area contributed by atoms with E-state index in [2.05, 4.69) is 26.1 Å². The molecule has 1 aliphatic rings. The van der Waals surface area contributed by atoms with E-state index in [4.69, 9.17) is 9.47 Å². The van der Waals surface area contributed by atoms with Gasteiger partial charge in [-0.15, -0.1) is 0 Å². The molecule has 0 bridgehead atoms. The van der Waals surface area contributed by atoms with E-state index in [1.54, 1.807) is 7.11 Å².